The topological polar surface area (TPSA) is 75.4 Å². The standard InChI is InChI=1S/C15H19Cl2N3O2/c16-10-7-11(17)9-12(8-10)19-15(22)13-3-2-6-20(13)14(21)4-1-5-18/h7-9,13H,1-6,18H2,(H,19,22). The van der Waals surface area contributed by atoms with Crippen LogP contribution in [0.5, 0.6) is 0 Å². The lowest BCUT2D eigenvalue weighted by molar-refractivity contribution is -0.136. The monoisotopic (exact) mass is 343 g/mol. The van der Waals surface area contributed by atoms with E-state index in [9.17, 15) is 9.59 Å². The molecule has 1 fully saturated rings. The van der Waals surface area contributed by atoms with Crippen molar-refractivity contribution in [2.75, 3.05) is 18.4 Å². The van der Waals surface area contributed by atoms with Gasteiger partial charge in [-0.2, -0.15) is 0 Å². The lowest BCUT2D eigenvalue weighted by Gasteiger charge is -2.24. The van der Waals surface area contributed by atoms with Crippen molar-refractivity contribution < 1.29 is 9.59 Å². The van der Waals surface area contributed by atoms with Crippen molar-refractivity contribution in [2.45, 2.75) is 31.7 Å². The van der Waals surface area contributed by atoms with Crippen LogP contribution in [0.4, 0.5) is 5.69 Å². The van der Waals surface area contributed by atoms with Gasteiger partial charge in [-0.1, -0.05) is 23.2 Å². The van der Waals surface area contributed by atoms with Crippen LogP contribution < -0.4 is 11.1 Å². The van der Waals surface area contributed by atoms with Gasteiger partial charge >= 0.3 is 0 Å². The first-order valence-electron chi connectivity index (χ1n) is 7.28. The Hall–Kier alpha value is -1.30. The second-order valence-corrected chi connectivity index (χ2v) is 6.16. The lowest BCUT2D eigenvalue weighted by Crippen LogP contribution is -2.43. The lowest BCUT2D eigenvalue weighted by atomic mass is 10.2. The van der Waals surface area contributed by atoms with Gasteiger partial charge in [0.1, 0.15) is 6.04 Å². The van der Waals surface area contributed by atoms with E-state index in [0.717, 1.165) is 6.42 Å². The highest BCUT2D eigenvalue weighted by Crippen LogP contribution is 2.24. The first kappa shape index (κ1) is 17.1. The summed E-state index contributed by atoms with van der Waals surface area (Å²) >= 11 is 11.8. The van der Waals surface area contributed by atoms with E-state index in [4.69, 9.17) is 28.9 Å². The highest BCUT2D eigenvalue weighted by molar-refractivity contribution is 6.35. The van der Waals surface area contributed by atoms with E-state index in [1.807, 2.05) is 0 Å². The number of likely N-dealkylation sites (tertiary alicyclic amines) is 1. The third kappa shape index (κ3) is 4.35. The molecule has 1 heterocycles. The first-order chi connectivity index (χ1) is 10.5. The van der Waals surface area contributed by atoms with Crippen molar-refractivity contribution in [3.8, 4) is 0 Å². The summed E-state index contributed by atoms with van der Waals surface area (Å²) in [6, 6.07) is 4.40. The molecule has 0 aliphatic carbocycles. The molecule has 22 heavy (non-hydrogen) atoms. The Kier molecular flexibility index (Phi) is 6.06. The average Bonchev–Trinajstić information content (AvgIpc) is 2.93. The summed E-state index contributed by atoms with van der Waals surface area (Å²) in [6.45, 7) is 1.08. The Balaban J connectivity index is 2.02. The molecule has 7 heteroatoms. The molecular formula is C15H19Cl2N3O2. The van der Waals surface area contributed by atoms with Gasteiger partial charge in [-0.05, 0) is 44.0 Å². The smallest absolute Gasteiger partial charge is 0.247 e. The molecule has 0 radical (unpaired) electrons. The zero-order chi connectivity index (χ0) is 16.1. The molecular weight excluding hydrogens is 325 g/mol. The molecule has 1 aliphatic heterocycles. The van der Waals surface area contributed by atoms with Gasteiger partial charge in [0.2, 0.25) is 11.8 Å². The molecule has 0 bridgehead atoms. The maximum atomic E-state index is 12.4. The van der Waals surface area contributed by atoms with Crippen LogP contribution in [0.3, 0.4) is 0 Å². The van der Waals surface area contributed by atoms with E-state index in [1.54, 1.807) is 23.1 Å². The van der Waals surface area contributed by atoms with E-state index < -0.39 is 6.04 Å². The zero-order valence-corrected chi connectivity index (χ0v) is 13.7. The minimum Gasteiger partial charge on any atom is -0.331 e. The Morgan fingerprint density at radius 1 is 1.27 bits per heavy atom. The van der Waals surface area contributed by atoms with E-state index in [0.29, 0.717) is 48.1 Å². The van der Waals surface area contributed by atoms with Crippen LogP contribution >= 0.6 is 23.2 Å². The predicted octanol–water partition coefficient (Wildman–Crippen LogP) is 2.66. The second-order valence-electron chi connectivity index (χ2n) is 5.28. The van der Waals surface area contributed by atoms with Crippen molar-refractivity contribution in [1.82, 2.24) is 4.90 Å². The third-order valence-corrected chi connectivity index (χ3v) is 4.04. The van der Waals surface area contributed by atoms with Crippen LogP contribution in [0.15, 0.2) is 18.2 Å². The van der Waals surface area contributed by atoms with Gasteiger partial charge in [-0.3, -0.25) is 9.59 Å². The maximum absolute atomic E-state index is 12.4. The summed E-state index contributed by atoms with van der Waals surface area (Å²) in [6.07, 6.45) is 2.49. The van der Waals surface area contributed by atoms with E-state index in [1.165, 1.54) is 0 Å². The molecule has 0 aromatic heterocycles. The molecule has 120 valence electrons. The summed E-state index contributed by atoms with van der Waals surface area (Å²) in [7, 11) is 0. The number of amides is 2. The summed E-state index contributed by atoms with van der Waals surface area (Å²) in [4.78, 5) is 26.2. The van der Waals surface area contributed by atoms with Crippen molar-refractivity contribution in [3.63, 3.8) is 0 Å². The second kappa shape index (κ2) is 7.81. The van der Waals surface area contributed by atoms with Crippen molar-refractivity contribution in [2.24, 2.45) is 5.73 Å². The highest BCUT2D eigenvalue weighted by atomic mass is 35.5. The van der Waals surface area contributed by atoms with E-state index in [-0.39, 0.29) is 11.8 Å². The van der Waals surface area contributed by atoms with Crippen molar-refractivity contribution in [3.05, 3.63) is 28.2 Å². The SMILES string of the molecule is NCCCC(=O)N1CCCC1C(=O)Nc1cc(Cl)cc(Cl)c1. The van der Waals surface area contributed by atoms with Crippen LogP contribution in [0.1, 0.15) is 25.7 Å². The molecule has 1 aliphatic rings. The summed E-state index contributed by atoms with van der Waals surface area (Å²) in [5.74, 6) is -0.232. The fourth-order valence-electron chi connectivity index (χ4n) is 2.59. The number of hydrogen-bond donors (Lipinski definition) is 2. The molecule has 1 aromatic rings. The molecule has 1 unspecified atom stereocenters. The number of anilines is 1. The molecule has 0 spiro atoms. The largest absolute Gasteiger partial charge is 0.331 e. The van der Waals surface area contributed by atoms with Gasteiger partial charge in [-0.25, -0.2) is 0 Å². The molecule has 3 N–H and O–H groups in total. The molecule has 1 aromatic carbocycles. The van der Waals surface area contributed by atoms with Gasteiger partial charge in [0.25, 0.3) is 0 Å². The van der Waals surface area contributed by atoms with Crippen LogP contribution in [0.2, 0.25) is 10.0 Å². The number of carbonyl (C=O) groups is 2. The van der Waals surface area contributed by atoms with Crippen molar-refractivity contribution in [1.29, 1.82) is 0 Å². The van der Waals surface area contributed by atoms with Crippen molar-refractivity contribution >= 4 is 40.7 Å². The van der Waals surface area contributed by atoms with Gasteiger partial charge in [0.05, 0.1) is 0 Å². The Labute approximate surface area is 139 Å². The third-order valence-electron chi connectivity index (χ3n) is 3.60. The number of halogens is 2. The van der Waals surface area contributed by atoms with Crippen LogP contribution in [0.25, 0.3) is 0 Å². The number of carbonyl (C=O) groups excluding carboxylic acids is 2. The minimum atomic E-state index is -0.442. The molecule has 1 atom stereocenters. The first-order valence-corrected chi connectivity index (χ1v) is 8.03. The van der Waals surface area contributed by atoms with Gasteiger partial charge in [0.15, 0.2) is 0 Å². The summed E-state index contributed by atoms with van der Waals surface area (Å²) in [5, 5.41) is 3.68. The van der Waals surface area contributed by atoms with Gasteiger partial charge < -0.3 is 16.0 Å². The fourth-order valence-corrected chi connectivity index (χ4v) is 3.11. The quantitative estimate of drug-likeness (QED) is 0.862. The molecule has 5 nitrogen and oxygen atoms in total. The number of hydrogen-bond acceptors (Lipinski definition) is 3. The summed E-state index contributed by atoms with van der Waals surface area (Å²) < 4.78 is 0. The van der Waals surface area contributed by atoms with Gasteiger partial charge in [-0.15, -0.1) is 0 Å². The zero-order valence-electron chi connectivity index (χ0n) is 12.1. The number of nitrogens with one attached hydrogen (secondary N) is 1. The maximum Gasteiger partial charge on any atom is 0.247 e. The summed E-state index contributed by atoms with van der Waals surface area (Å²) in [5.41, 5.74) is 5.96. The fraction of sp³-hybridized carbons (Fsp3) is 0.467. The minimum absolute atomic E-state index is 0.0211. The Morgan fingerprint density at radius 2 is 1.95 bits per heavy atom. The van der Waals surface area contributed by atoms with Crippen LogP contribution in [-0.4, -0.2) is 35.8 Å². The molecule has 2 amide bonds. The van der Waals surface area contributed by atoms with Crippen LogP contribution in [-0.2, 0) is 9.59 Å². The normalized spacial score (nSPS) is 17.6. The molecule has 2 rings (SSSR count). The number of rotatable bonds is 5. The molecule has 0 saturated carbocycles. The highest BCUT2D eigenvalue weighted by Gasteiger charge is 2.33. The van der Waals surface area contributed by atoms with E-state index >= 15 is 0 Å². The van der Waals surface area contributed by atoms with Gasteiger partial charge in [0, 0.05) is 28.7 Å². The van der Waals surface area contributed by atoms with E-state index in [2.05, 4.69) is 5.32 Å². The Bertz CT molecular complexity index is 545. The average molecular weight is 344 g/mol. The predicted molar refractivity (Wildman–Crippen MR) is 88.1 cm³/mol. The Morgan fingerprint density at radius 3 is 2.59 bits per heavy atom. The van der Waals surface area contributed by atoms with Crippen LogP contribution in [0, 0.1) is 0 Å². The molecule has 1 saturated heterocycles. The number of benzene rings is 1. The number of nitrogens with two attached hydrogens (primary N) is 1. The number of nitrogens with zero attached hydrogens (tertiary/aromatic N) is 1.